The molecule has 2 aliphatic carbocycles. The van der Waals surface area contributed by atoms with E-state index in [1.165, 1.54) is 9.79 Å². The maximum absolute atomic E-state index is 13.6. The molecule has 0 heterocycles. The molecule has 0 N–H and O–H groups in total. The highest BCUT2D eigenvalue weighted by Crippen LogP contribution is 2.70. The molecular formula is C25H24O2S3. The zero-order valence-electron chi connectivity index (χ0n) is 16.6. The van der Waals surface area contributed by atoms with Crippen molar-refractivity contribution in [1.82, 2.24) is 0 Å². The molecule has 0 saturated heterocycles. The average Bonchev–Trinajstić information content (AvgIpc) is 2.80. The Morgan fingerprint density at radius 1 is 0.667 bits per heavy atom. The lowest BCUT2D eigenvalue weighted by Crippen LogP contribution is -2.66. The van der Waals surface area contributed by atoms with Gasteiger partial charge in [0, 0.05) is 21.6 Å². The van der Waals surface area contributed by atoms with Gasteiger partial charge in [-0.25, -0.2) is 8.42 Å². The molecule has 0 aliphatic heterocycles. The van der Waals surface area contributed by atoms with Gasteiger partial charge in [0.05, 0.1) is 14.2 Å². The van der Waals surface area contributed by atoms with E-state index in [-0.39, 0.29) is 21.2 Å². The third-order valence-electron chi connectivity index (χ3n) is 6.33. The van der Waals surface area contributed by atoms with E-state index in [9.17, 15) is 8.42 Å². The summed E-state index contributed by atoms with van der Waals surface area (Å²) in [6.45, 7) is 0. The van der Waals surface area contributed by atoms with Crippen LogP contribution in [0.5, 0.6) is 0 Å². The second-order valence-electron chi connectivity index (χ2n) is 8.02. The molecule has 0 aromatic heterocycles. The Hall–Kier alpha value is -1.69. The Morgan fingerprint density at radius 2 is 1.10 bits per heavy atom. The summed E-state index contributed by atoms with van der Waals surface area (Å²) in [5.74, 6) is 0.272. The van der Waals surface area contributed by atoms with E-state index >= 15 is 0 Å². The van der Waals surface area contributed by atoms with Gasteiger partial charge in [-0.2, -0.15) is 0 Å². The summed E-state index contributed by atoms with van der Waals surface area (Å²) in [5, 5.41) is -0.291. The SMILES string of the molecule is O=S(=O)(c1ccccc1)C1C2CCCC1C2(Sc1ccccc1)Sc1ccccc1. The zero-order valence-corrected chi connectivity index (χ0v) is 19.0. The molecule has 2 saturated carbocycles. The predicted octanol–water partition coefficient (Wildman–Crippen LogP) is 6.54. The topological polar surface area (TPSA) is 34.1 Å². The molecule has 3 aromatic rings. The van der Waals surface area contributed by atoms with Gasteiger partial charge in [0.1, 0.15) is 0 Å². The second-order valence-corrected chi connectivity index (χ2v) is 13.1. The summed E-state index contributed by atoms with van der Waals surface area (Å²) in [6, 6.07) is 29.9. The zero-order chi connectivity index (χ0) is 20.6. The van der Waals surface area contributed by atoms with Crippen LogP contribution < -0.4 is 0 Å². The van der Waals surface area contributed by atoms with Gasteiger partial charge in [-0.1, -0.05) is 61.0 Å². The van der Waals surface area contributed by atoms with Crippen LogP contribution in [0, 0.1) is 11.8 Å². The van der Waals surface area contributed by atoms with E-state index in [0.29, 0.717) is 4.90 Å². The van der Waals surface area contributed by atoms with E-state index in [2.05, 4.69) is 48.5 Å². The van der Waals surface area contributed by atoms with Crippen LogP contribution in [0.15, 0.2) is 106 Å². The minimum absolute atomic E-state index is 0.136. The molecule has 3 aromatic carbocycles. The Bertz CT molecular complexity index is 1040. The first-order chi connectivity index (χ1) is 14.6. The van der Waals surface area contributed by atoms with Gasteiger partial charge in [-0.15, -0.1) is 23.5 Å². The molecule has 0 radical (unpaired) electrons. The van der Waals surface area contributed by atoms with Crippen LogP contribution in [-0.4, -0.2) is 17.7 Å². The number of hydrogen-bond donors (Lipinski definition) is 0. The molecule has 154 valence electrons. The average molecular weight is 453 g/mol. The van der Waals surface area contributed by atoms with Gasteiger partial charge >= 0.3 is 0 Å². The summed E-state index contributed by atoms with van der Waals surface area (Å²) >= 11 is 3.76. The minimum atomic E-state index is -3.34. The third kappa shape index (κ3) is 3.41. The van der Waals surface area contributed by atoms with Crippen LogP contribution in [0.2, 0.25) is 0 Å². The highest BCUT2D eigenvalue weighted by atomic mass is 32.2. The van der Waals surface area contributed by atoms with Crippen LogP contribution in [0.4, 0.5) is 0 Å². The molecule has 2 aliphatic rings. The summed E-state index contributed by atoms with van der Waals surface area (Å²) < 4.78 is 27.1. The van der Waals surface area contributed by atoms with Crippen molar-refractivity contribution in [2.75, 3.05) is 0 Å². The number of benzene rings is 3. The Kier molecular flexibility index (Phi) is 5.46. The normalized spacial score (nSPS) is 24.7. The van der Waals surface area contributed by atoms with Gasteiger partial charge in [-0.05, 0) is 49.2 Å². The smallest absolute Gasteiger partial charge is 0.181 e. The molecule has 2 bridgehead atoms. The maximum atomic E-state index is 13.6. The highest BCUT2D eigenvalue weighted by Gasteiger charge is 2.68. The molecule has 5 heteroatoms. The summed E-state index contributed by atoms with van der Waals surface area (Å²) in [4.78, 5) is 2.90. The van der Waals surface area contributed by atoms with E-state index in [4.69, 9.17) is 0 Å². The van der Waals surface area contributed by atoms with Crippen molar-refractivity contribution in [3.05, 3.63) is 91.0 Å². The van der Waals surface area contributed by atoms with Crippen LogP contribution in [0.1, 0.15) is 19.3 Å². The van der Waals surface area contributed by atoms with Crippen LogP contribution >= 0.6 is 23.5 Å². The van der Waals surface area contributed by atoms with Crippen LogP contribution in [0.3, 0.4) is 0 Å². The molecule has 0 amide bonds. The number of fused-ring (bicyclic) bond motifs is 2. The fourth-order valence-electron chi connectivity index (χ4n) is 5.05. The molecule has 2 nitrogen and oxygen atoms in total. The summed E-state index contributed by atoms with van der Waals surface area (Å²) in [6.07, 6.45) is 3.04. The summed E-state index contributed by atoms with van der Waals surface area (Å²) in [5.41, 5.74) is 0. The third-order valence-corrected chi connectivity index (χ3v) is 12.0. The highest BCUT2D eigenvalue weighted by molar-refractivity contribution is 8.18. The van der Waals surface area contributed by atoms with Crippen molar-refractivity contribution >= 4 is 33.4 Å². The van der Waals surface area contributed by atoms with E-state index < -0.39 is 9.84 Å². The molecule has 30 heavy (non-hydrogen) atoms. The largest absolute Gasteiger partial charge is 0.223 e. The fourth-order valence-corrected chi connectivity index (χ4v) is 11.5. The first-order valence-electron chi connectivity index (χ1n) is 10.4. The molecule has 0 spiro atoms. The maximum Gasteiger partial charge on any atom is 0.181 e. The Labute approximate surface area is 187 Å². The quantitative estimate of drug-likeness (QED) is 0.398. The first-order valence-corrected chi connectivity index (χ1v) is 13.6. The predicted molar refractivity (Wildman–Crippen MR) is 126 cm³/mol. The van der Waals surface area contributed by atoms with E-state index in [1.54, 1.807) is 12.1 Å². The molecule has 5 rings (SSSR count). The van der Waals surface area contributed by atoms with Gasteiger partial charge in [0.2, 0.25) is 0 Å². The van der Waals surface area contributed by atoms with Crippen molar-refractivity contribution in [1.29, 1.82) is 0 Å². The Morgan fingerprint density at radius 3 is 1.57 bits per heavy atom. The molecular weight excluding hydrogens is 428 g/mol. The lowest BCUT2D eigenvalue weighted by atomic mass is 9.63. The van der Waals surface area contributed by atoms with E-state index in [0.717, 1.165) is 19.3 Å². The fraction of sp³-hybridized carbons (Fsp3) is 0.280. The molecule has 2 fully saturated rings. The molecule has 2 unspecified atom stereocenters. The van der Waals surface area contributed by atoms with Gasteiger partial charge in [-0.3, -0.25) is 0 Å². The van der Waals surface area contributed by atoms with Crippen LogP contribution in [-0.2, 0) is 9.84 Å². The number of rotatable bonds is 6. The first kappa shape index (κ1) is 20.2. The minimum Gasteiger partial charge on any atom is -0.223 e. The lowest BCUT2D eigenvalue weighted by molar-refractivity contribution is 0.112. The van der Waals surface area contributed by atoms with Gasteiger partial charge < -0.3 is 0 Å². The number of thioether (sulfide) groups is 2. The van der Waals surface area contributed by atoms with Crippen molar-refractivity contribution in [2.45, 2.75) is 43.3 Å². The van der Waals surface area contributed by atoms with Crippen molar-refractivity contribution in [2.24, 2.45) is 11.8 Å². The second kappa shape index (κ2) is 8.10. The van der Waals surface area contributed by atoms with Gasteiger partial charge in [0.15, 0.2) is 9.84 Å². The monoisotopic (exact) mass is 452 g/mol. The standard InChI is InChI=1S/C25H24O2S3/c26-30(27,21-15-8-3-9-16-21)24-22-17-10-18-23(24)25(22,28-19-11-4-1-5-12-19)29-20-13-6-2-7-14-20/h1-9,11-16,22-24H,10,17-18H2. The van der Waals surface area contributed by atoms with Crippen LogP contribution in [0.25, 0.3) is 0 Å². The van der Waals surface area contributed by atoms with Crippen molar-refractivity contribution in [3.8, 4) is 0 Å². The van der Waals surface area contributed by atoms with Gasteiger partial charge in [0.25, 0.3) is 0 Å². The van der Waals surface area contributed by atoms with Crippen molar-refractivity contribution < 1.29 is 8.42 Å². The number of sulfone groups is 1. The summed E-state index contributed by atoms with van der Waals surface area (Å²) in [7, 11) is -3.34. The van der Waals surface area contributed by atoms with E-state index in [1.807, 2.05) is 53.9 Å². The number of hydrogen-bond acceptors (Lipinski definition) is 4. The molecule has 2 atom stereocenters. The lowest BCUT2D eigenvalue weighted by Gasteiger charge is -2.63. The Balaban J connectivity index is 1.55. The van der Waals surface area contributed by atoms with Crippen molar-refractivity contribution in [3.63, 3.8) is 0 Å².